The van der Waals surface area contributed by atoms with E-state index >= 15 is 0 Å². The first kappa shape index (κ1) is 14.7. The number of rotatable bonds is 5. The van der Waals surface area contributed by atoms with Gasteiger partial charge in [-0.2, -0.15) is 5.10 Å². The lowest BCUT2D eigenvalue weighted by Crippen LogP contribution is -2.31. The van der Waals surface area contributed by atoms with Crippen molar-refractivity contribution in [2.24, 2.45) is 0 Å². The number of nitrogens with zero attached hydrogens (tertiary/aromatic N) is 2. The minimum atomic E-state index is -0.259. The molecule has 0 aliphatic heterocycles. The number of hydrogen-bond acceptors (Lipinski definition) is 3. The van der Waals surface area contributed by atoms with Crippen LogP contribution >= 0.6 is 0 Å². The Morgan fingerprint density at radius 2 is 1.95 bits per heavy atom. The predicted molar refractivity (Wildman–Crippen MR) is 76.4 cm³/mol. The van der Waals surface area contributed by atoms with Gasteiger partial charge in [0.1, 0.15) is 5.82 Å². The van der Waals surface area contributed by atoms with Crippen molar-refractivity contribution in [3.63, 3.8) is 0 Å². The lowest BCUT2D eigenvalue weighted by atomic mass is 10.1. The molecule has 20 heavy (non-hydrogen) atoms. The first-order valence-corrected chi connectivity index (χ1v) is 6.70. The third kappa shape index (κ3) is 3.05. The molecule has 1 aromatic heterocycles. The van der Waals surface area contributed by atoms with E-state index in [2.05, 4.69) is 10.4 Å². The summed E-state index contributed by atoms with van der Waals surface area (Å²) in [6.45, 7) is 6.03. The second kappa shape index (κ2) is 6.15. The molecule has 1 aromatic carbocycles. The summed E-state index contributed by atoms with van der Waals surface area (Å²) in [5, 5.41) is 16.7. The number of hydrogen-bond donors (Lipinski definition) is 2. The van der Waals surface area contributed by atoms with Crippen LogP contribution in [0.4, 0.5) is 4.39 Å². The molecule has 0 fully saturated rings. The quantitative estimate of drug-likeness (QED) is 0.882. The monoisotopic (exact) mass is 277 g/mol. The van der Waals surface area contributed by atoms with Crippen molar-refractivity contribution in [2.75, 3.05) is 6.61 Å². The summed E-state index contributed by atoms with van der Waals surface area (Å²) in [6, 6.07) is 6.36. The molecule has 0 amide bonds. The molecule has 0 spiro atoms. The predicted octanol–water partition coefficient (Wildman–Crippen LogP) is 2.35. The van der Waals surface area contributed by atoms with Gasteiger partial charge < -0.3 is 10.4 Å². The number of aromatic nitrogens is 2. The van der Waals surface area contributed by atoms with E-state index in [1.807, 2.05) is 20.8 Å². The summed E-state index contributed by atoms with van der Waals surface area (Å²) in [7, 11) is 0. The molecule has 5 heteroatoms. The zero-order chi connectivity index (χ0) is 14.7. The highest BCUT2D eigenvalue weighted by Crippen LogP contribution is 2.20. The van der Waals surface area contributed by atoms with E-state index in [4.69, 9.17) is 5.11 Å². The largest absolute Gasteiger partial charge is 0.395 e. The SMILES string of the molecule is Cc1c(C(C)N[C@H](C)CO)cnn1-c1ccc(F)cc1. The van der Waals surface area contributed by atoms with Crippen molar-refractivity contribution in [3.05, 3.63) is 47.5 Å². The van der Waals surface area contributed by atoms with Gasteiger partial charge in [-0.25, -0.2) is 9.07 Å². The molecule has 2 N–H and O–H groups in total. The minimum Gasteiger partial charge on any atom is -0.395 e. The van der Waals surface area contributed by atoms with Crippen LogP contribution in [0.2, 0.25) is 0 Å². The van der Waals surface area contributed by atoms with Crippen molar-refractivity contribution >= 4 is 0 Å². The van der Waals surface area contributed by atoms with Crippen LogP contribution in [0.1, 0.15) is 31.1 Å². The topological polar surface area (TPSA) is 50.1 Å². The summed E-state index contributed by atoms with van der Waals surface area (Å²) in [5.41, 5.74) is 2.90. The summed E-state index contributed by atoms with van der Waals surface area (Å²) in [4.78, 5) is 0. The molecule has 2 atom stereocenters. The molecule has 0 saturated heterocycles. The Morgan fingerprint density at radius 3 is 2.55 bits per heavy atom. The van der Waals surface area contributed by atoms with Crippen LogP contribution in [0.3, 0.4) is 0 Å². The molecule has 1 unspecified atom stereocenters. The highest BCUT2D eigenvalue weighted by Gasteiger charge is 2.15. The molecule has 2 rings (SSSR count). The molecule has 0 aliphatic carbocycles. The van der Waals surface area contributed by atoms with Crippen molar-refractivity contribution in [2.45, 2.75) is 32.9 Å². The summed E-state index contributed by atoms with van der Waals surface area (Å²) in [6.07, 6.45) is 1.81. The fourth-order valence-electron chi connectivity index (χ4n) is 2.26. The van der Waals surface area contributed by atoms with Crippen LogP contribution in [-0.4, -0.2) is 27.5 Å². The molecule has 0 saturated carbocycles. The standard InChI is InChI=1S/C15H20FN3O/c1-10(9-20)18-11(2)15-8-17-19(12(15)3)14-6-4-13(16)5-7-14/h4-8,10-11,18,20H,9H2,1-3H3/t10-,11?/m1/s1. The normalized spacial score (nSPS) is 14.2. The van der Waals surface area contributed by atoms with Crippen molar-refractivity contribution < 1.29 is 9.50 Å². The van der Waals surface area contributed by atoms with Gasteiger partial charge in [0.2, 0.25) is 0 Å². The van der Waals surface area contributed by atoms with Gasteiger partial charge in [0.25, 0.3) is 0 Å². The number of aliphatic hydroxyl groups excluding tert-OH is 1. The van der Waals surface area contributed by atoms with Gasteiger partial charge in [0, 0.05) is 23.3 Å². The Morgan fingerprint density at radius 1 is 1.30 bits per heavy atom. The lowest BCUT2D eigenvalue weighted by molar-refractivity contribution is 0.243. The first-order chi connectivity index (χ1) is 9.52. The third-order valence-electron chi connectivity index (χ3n) is 3.39. The van der Waals surface area contributed by atoms with Gasteiger partial charge in [-0.05, 0) is 45.0 Å². The Balaban J connectivity index is 2.24. The first-order valence-electron chi connectivity index (χ1n) is 6.70. The smallest absolute Gasteiger partial charge is 0.123 e. The summed E-state index contributed by atoms with van der Waals surface area (Å²) in [5.74, 6) is -0.259. The zero-order valence-electron chi connectivity index (χ0n) is 12.0. The van der Waals surface area contributed by atoms with Crippen molar-refractivity contribution in [3.8, 4) is 5.69 Å². The molecular formula is C15H20FN3O. The summed E-state index contributed by atoms with van der Waals surface area (Å²) >= 11 is 0. The van der Waals surface area contributed by atoms with E-state index in [0.717, 1.165) is 16.9 Å². The number of benzene rings is 1. The van der Waals surface area contributed by atoms with E-state index in [1.165, 1.54) is 12.1 Å². The van der Waals surface area contributed by atoms with Gasteiger partial charge >= 0.3 is 0 Å². The second-order valence-corrected chi connectivity index (χ2v) is 5.05. The minimum absolute atomic E-state index is 0.0265. The fourth-order valence-corrected chi connectivity index (χ4v) is 2.26. The Labute approximate surface area is 118 Å². The van der Waals surface area contributed by atoms with E-state index in [1.54, 1.807) is 23.0 Å². The average molecular weight is 277 g/mol. The van der Waals surface area contributed by atoms with Gasteiger partial charge in [0.05, 0.1) is 18.5 Å². The van der Waals surface area contributed by atoms with Crippen LogP contribution in [0.5, 0.6) is 0 Å². The van der Waals surface area contributed by atoms with Crippen LogP contribution in [0.15, 0.2) is 30.5 Å². The Kier molecular flexibility index (Phi) is 4.52. The molecule has 1 heterocycles. The van der Waals surface area contributed by atoms with E-state index in [9.17, 15) is 4.39 Å². The molecule has 0 bridgehead atoms. The molecule has 2 aromatic rings. The second-order valence-electron chi connectivity index (χ2n) is 5.05. The van der Waals surface area contributed by atoms with Crippen LogP contribution in [-0.2, 0) is 0 Å². The Bertz CT molecular complexity index is 565. The number of halogens is 1. The van der Waals surface area contributed by atoms with Crippen LogP contribution in [0, 0.1) is 12.7 Å². The number of nitrogens with one attached hydrogen (secondary N) is 1. The maximum Gasteiger partial charge on any atom is 0.123 e. The average Bonchev–Trinajstić information content (AvgIpc) is 2.81. The van der Waals surface area contributed by atoms with E-state index in [0.29, 0.717) is 0 Å². The molecule has 0 aliphatic rings. The molecule has 0 radical (unpaired) electrons. The number of aliphatic hydroxyl groups is 1. The van der Waals surface area contributed by atoms with Crippen molar-refractivity contribution in [1.82, 2.24) is 15.1 Å². The Hall–Kier alpha value is -1.72. The lowest BCUT2D eigenvalue weighted by Gasteiger charge is -2.18. The highest BCUT2D eigenvalue weighted by atomic mass is 19.1. The molecule has 4 nitrogen and oxygen atoms in total. The van der Waals surface area contributed by atoms with Crippen LogP contribution in [0.25, 0.3) is 5.69 Å². The maximum atomic E-state index is 13.0. The fraction of sp³-hybridized carbons (Fsp3) is 0.400. The highest BCUT2D eigenvalue weighted by molar-refractivity contribution is 5.35. The van der Waals surface area contributed by atoms with Gasteiger partial charge in [0.15, 0.2) is 0 Å². The van der Waals surface area contributed by atoms with E-state index in [-0.39, 0.29) is 24.5 Å². The van der Waals surface area contributed by atoms with Gasteiger partial charge in [-0.1, -0.05) is 0 Å². The third-order valence-corrected chi connectivity index (χ3v) is 3.39. The van der Waals surface area contributed by atoms with E-state index < -0.39 is 0 Å². The molecular weight excluding hydrogens is 257 g/mol. The summed E-state index contributed by atoms with van der Waals surface area (Å²) < 4.78 is 14.7. The maximum absolute atomic E-state index is 13.0. The molecule has 108 valence electrons. The zero-order valence-corrected chi connectivity index (χ0v) is 12.0. The van der Waals surface area contributed by atoms with Crippen LogP contribution < -0.4 is 5.32 Å². The van der Waals surface area contributed by atoms with Crippen molar-refractivity contribution in [1.29, 1.82) is 0 Å². The van der Waals surface area contributed by atoms with Gasteiger partial charge in [-0.3, -0.25) is 0 Å². The van der Waals surface area contributed by atoms with Gasteiger partial charge in [-0.15, -0.1) is 0 Å².